The molecule has 0 radical (unpaired) electrons. The van der Waals surface area contributed by atoms with Gasteiger partial charge in [-0.05, 0) is 12.0 Å². The van der Waals surface area contributed by atoms with Gasteiger partial charge in [-0.15, -0.1) is 11.6 Å². The van der Waals surface area contributed by atoms with Gasteiger partial charge in [-0.1, -0.05) is 42.5 Å². The van der Waals surface area contributed by atoms with Crippen LogP contribution in [-0.2, 0) is 16.2 Å². The molecule has 0 unspecified atom stereocenters. The molecule has 3 rings (SSSR count). The average molecular weight is 264 g/mol. The van der Waals surface area contributed by atoms with E-state index in [9.17, 15) is 4.79 Å². The minimum atomic E-state index is -0.490. The summed E-state index contributed by atoms with van der Waals surface area (Å²) in [5.74, 6) is 0.0413. The van der Waals surface area contributed by atoms with Crippen molar-refractivity contribution < 1.29 is 9.63 Å². The molecule has 2 bridgehead atoms. The Kier molecular flexibility index (Phi) is 3.10. The number of amides is 1. The van der Waals surface area contributed by atoms with Gasteiger partial charge in [-0.2, -0.15) is 0 Å². The van der Waals surface area contributed by atoms with E-state index in [1.165, 1.54) is 5.06 Å². The molecule has 1 aromatic rings. The Balaban J connectivity index is 1.69. The van der Waals surface area contributed by atoms with Crippen molar-refractivity contribution in [1.82, 2.24) is 5.06 Å². The topological polar surface area (TPSA) is 29.5 Å². The molecule has 0 spiro atoms. The van der Waals surface area contributed by atoms with Crippen LogP contribution in [0.25, 0.3) is 0 Å². The fourth-order valence-corrected chi connectivity index (χ4v) is 2.73. The summed E-state index contributed by atoms with van der Waals surface area (Å²) < 4.78 is 0. The molecule has 1 aliphatic heterocycles. The molecule has 1 amide bonds. The Morgan fingerprint density at radius 1 is 1.28 bits per heavy atom. The highest BCUT2D eigenvalue weighted by atomic mass is 35.5. The van der Waals surface area contributed by atoms with Gasteiger partial charge in [-0.3, -0.25) is 9.63 Å². The second kappa shape index (κ2) is 4.75. The Hall–Kier alpha value is -1.32. The summed E-state index contributed by atoms with van der Waals surface area (Å²) >= 11 is 6.11. The van der Waals surface area contributed by atoms with E-state index >= 15 is 0 Å². The molecule has 94 valence electrons. The second-order valence-corrected chi connectivity index (χ2v) is 5.15. The number of benzene rings is 1. The summed E-state index contributed by atoms with van der Waals surface area (Å²) in [5.41, 5.74) is 1.04. The van der Waals surface area contributed by atoms with Gasteiger partial charge in [0.15, 0.2) is 0 Å². The lowest BCUT2D eigenvalue weighted by atomic mass is 9.98. The largest absolute Gasteiger partial charge is 0.271 e. The smallest absolute Gasteiger partial charge is 0.265 e. The van der Waals surface area contributed by atoms with Crippen molar-refractivity contribution in [2.75, 3.05) is 0 Å². The van der Waals surface area contributed by atoms with Gasteiger partial charge in [0.05, 0.1) is 6.04 Å². The monoisotopic (exact) mass is 263 g/mol. The molecule has 18 heavy (non-hydrogen) atoms. The molecule has 3 atom stereocenters. The van der Waals surface area contributed by atoms with E-state index in [4.69, 9.17) is 16.4 Å². The number of fused-ring (bicyclic) bond motifs is 2. The lowest BCUT2D eigenvalue weighted by molar-refractivity contribution is -0.206. The molecule has 1 saturated heterocycles. The van der Waals surface area contributed by atoms with Gasteiger partial charge < -0.3 is 0 Å². The van der Waals surface area contributed by atoms with Crippen LogP contribution in [0.1, 0.15) is 12.0 Å². The lowest BCUT2D eigenvalue weighted by Crippen LogP contribution is -2.48. The lowest BCUT2D eigenvalue weighted by Gasteiger charge is -2.34. The third-order valence-corrected chi connectivity index (χ3v) is 3.95. The number of nitrogens with zero attached hydrogens (tertiary/aromatic N) is 1. The van der Waals surface area contributed by atoms with Gasteiger partial charge in [0.25, 0.3) is 5.91 Å². The van der Waals surface area contributed by atoms with Crippen LogP contribution < -0.4 is 0 Å². The van der Waals surface area contributed by atoms with Crippen LogP contribution in [0.5, 0.6) is 0 Å². The molecule has 0 N–H and O–H groups in total. The van der Waals surface area contributed by atoms with Crippen molar-refractivity contribution in [3.05, 3.63) is 48.0 Å². The van der Waals surface area contributed by atoms with Crippen molar-refractivity contribution in [2.45, 2.75) is 24.4 Å². The normalized spacial score (nSPS) is 29.9. The highest BCUT2D eigenvalue weighted by Crippen LogP contribution is 2.35. The summed E-state index contributed by atoms with van der Waals surface area (Å²) in [6.07, 6.45) is 4.90. The third kappa shape index (κ3) is 2.04. The number of rotatable bonds is 3. The second-order valence-electron chi connectivity index (χ2n) is 4.68. The predicted octanol–water partition coefficient (Wildman–Crippen LogP) is 2.51. The van der Waals surface area contributed by atoms with E-state index < -0.39 is 5.38 Å². The Bertz CT molecular complexity index is 474. The number of carbonyl (C=O) groups excluding carboxylic acids is 1. The van der Waals surface area contributed by atoms with Crippen LogP contribution in [0.3, 0.4) is 0 Å². The van der Waals surface area contributed by atoms with Gasteiger partial charge in [0.2, 0.25) is 0 Å². The van der Waals surface area contributed by atoms with Crippen molar-refractivity contribution in [3.63, 3.8) is 0 Å². The van der Waals surface area contributed by atoms with Crippen molar-refractivity contribution in [2.24, 2.45) is 5.92 Å². The highest BCUT2D eigenvalue weighted by Gasteiger charge is 2.43. The molecular weight excluding hydrogens is 250 g/mol. The quantitative estimate of drug-likeness (QED) is 0.620. The number of hydroxylamine groups is 2. The standard InChI is InChI=1S/C14H14ClNO2/c15-13-11-6-7-12(8-11)16(14(13)17)18-9-10-4-2-1-3-5-10/h1-7,11-13H,8-9H2/t11-,12+,13-/m0/s1. The minimum absolute atomic E-state index is 0.0428. The SMILES string of the molecule is O=C1[C@@H](Cl)[C@H]2C=C[C@H](C2)N1OCc1ccccc1. The molecule has 2 aliphatic rings. The Morgan fingerprint density at radius 2 is 2.06 bits per heavy atom. The fraction of sp³-hybridized carbons (Fsp3) is 0.357. The fourth-order valence-electron chi connectivity index (χ4n) is 2.44. The molecule has 1 aromatic carbocycles. The molecule has 1 heterocycles. The number of allylic oxidation sites excluding steroid dienone is 1. The Morgan fingerprint density at radius 3 is 2.83 bits per heavy atom. The van der Waals surface area contributed by atoms with Crippen molar-refractivity contribution in [3.8, 4) is 0 Å². The van der Waals surface area contributed by atoms with E-state index in [1.807, 2.05) is 42.5 Å². The summed E-state index contributed by atoms with van der Waals surface area (Å²) in [5, 5.41) is 0.945. The maximum atomic E-state index is 12.0. The zero-order chi connectivity index (χ0) is 12.5. The van der Waals surface area contributed by atoms with Crippen LogP contribution in [0, 0.1) is 5.92 Å². The number of halogens is 1. The highest BCUT2D eigenvalue weighted by molar-refractivity contribution is 6.31. The van der Waals surface area contributed by atoms with Crippen LogP contribution in [0.2, 0.25) is 0 Å². The van der Waals surface area contributed by atoms with Crippen molar-refractivity contribution in [1.29, 1.82) is 0 Å². The average Bonchev–Trinajstić information content (AvgIpc) is 2.84. The summed E-state index contributed by atoms with van der Waals surface area (Å²) in [4.78, 5) is 17.7. The number of piperidine rings is 1. The van der Waals surface area contributed by atoms with Gasteiger partial charge in [-0.25, -0.2) is 5.06 Å². The summed E-state index contributed by atoms with van der Waals surface area (Å²) in [6.45, 7) is 0.394. The number of carbonyl (C=O) groups is 1. The van der Waals surface area contributed by atoms with E-state index in [0.29, 0.717) is 6.61 Å². The van der Waals surface area contributed by atoms with E-state index in [-0.39, 0.29) is 17.9 Å². The first-order valence-corrected chi connectivity index (χ1v) is 6.51. The zero-order valence-electron chi connectivity index (χ0n) is 9.83. The summed E-state index contributed by atoms with van der Waals surface area (Å²) in [7, 11) is 0. The maximum absolute atomic E-state index is 12.0. The van der Waals surface area contributed by atoms with Gasteiger partial charge >= 0.3 is 0 Å². The van der Waals surface area contributed by atoms with Crippen LogP contribution in [0.4, 0.5) is 0 Å². The van der Waals surface area contributed by atoms with Crippen LogP contribution in [-0.4, -0.2) is 22.4 Å². The number of alkyl halides is 1. The molecule has 1 aliphatic carbocycles. The Labute approximate surface area is 111 Å². The zero-order valence-corrected chi connectivity index (χ0v) is 10.6. The molecule has 0 aromatic heterocycles. The van der Waals surface area contributed by atoms with E-state index in [0.717, 1.165) is 12.0 Å². The molecular formula is C14H14ClNO2. The van der Waals surface area contributed by atoms with E-state index in [2.05, 4.69) is 0 Å². The minimum Gasteiger partial charge on any atom is -0.271 e. The van der Waals surface area contributed by atoms with Gasteiger partial charge in [0, 0.05) is 5.92 Å². The molecule has 0 saturated carbocycles. The number of hydrogen-bond acceptors (Lipinski definition) is 2. The number of hydrogen-bond donors (Lipinski definition) is 0. The maximum Gasteiger partial charge on any atom is 0.265 e. The molecule has 1 fully saturated rings. The first-order chi connectivity index (χ1) is 8.75. The van der Waals surface area contributed by atoms with Crippen LogP contribution >= 0.6 is 11.6 Å². The first kappa shape index (κ1) is 11.8. The molecule has 4 heteroatoms. The molecule has 3 nitrogen and oxygen atoms in total. The van der Waals surface area contributed by atoms with E-state index in [1.54, 1.807) is 0 Å². The summed E-state index contributed by atoms with van der Waals surface area (Å²) in [6, 6.07) is 9.84. The predicted molar refractivity (Wildman–Crippen MR) is 68.8 cm³/mol. The van der Waals surface area contributed by atoms with Gasteiger partial charge in [0.1, 0.15) is 12.0 Å². The van der Waals surface area contributed by atoms with Crippen molar-refractivity contribution >= 4 is 17.5 Å². The van der Waals surface area contributed by atoms with Crippen LogP contribution in [0.15, 0.2) is 42.5 Å². The first-order valence-electron chi connectivity index (χ1n) is 6.08. The third-order valence-electron chi connectivity index (χ3n) is 3.44.